The van der Waals surface area contributed by atoms with Crippen LogP contribution in [0.3, 0.4) is 0 Å². The lowest BCUT2D eigenvalue weighted by molar-refractivity contribution is 0.0853. The van der Waals surface area contributed by atoms with E-state index in [1.807, 2.05) is 32.0 Å². The average Bonchev–Trinajstić information content (AvgIpc) is 3.10. The first kappa shape index (κ1) is 16.4. The topological polar surface area (TPSA) is 76.1 Å². The fourth-order valence-corrected chi connectivity index (χ4v) is 2.76. The van der Waals surface area contributed by atoms with Crippen LogP contribution in [0.5, 0.6) is 0 Å². The van der Waals surface area contributed by atoms with E-state index in [4.69, 9.17) is 4.74 Å². The van der Waals surface area contributed by atoms with E-state index >= 15 is 0 Å². The molecule has 2 N–H and O–H groups in total. The standard InChI is InChI=1S/C18H22N4O2/c1-12-5-3-6-13(2)17(12)20-16-9-8-15(21-22-16)18(23)19-11-14-7-4-10-24-14/h3,5-6,8-9,14H,4,7,10-11H2,1-2H3,(H,19,23)(H,20,22). The van der Waals surface area contributed by atoms with Gasteiger partial charge in [0.1, 0.15) is 0 Å². The van der Waals surface area contributed by atoms with Crippen LogP contribution in [0.1, 0.15) is 34.5 Å². The van der Waals surface area contributed by atoms with Crippen molar-refractivity contribution in [3.63, 3.8) is 0 Å². The van der Waals surface area contributed by atoms with Gasteiger partial charge >= 0.3 is 0 Å². The first-order valence-electron chi connectivity index (χ1n) is 8.20. The van der Waals surface area contributed by atoms with Gasteiger partial charge in [-0.1, -0.05) is 18.2 Å². The maximum atomic E-state index is 12.1. The first-order chi connectivity index (χ1) is 11.6. The minimum Gasteiger partial charge on any atom is -0.376 e. The lowest BCUT2D eigenvalue weighted by atomic mass is 10.1. The summed E-state index contributed by atoms with van der Waals surface area (Å²) in [5, 5.41) is 14.2. The second-order valence-electron chi connectivity index (χ2n) is 6.04. The molecule has 2 heterocycles. The average molecular weight is 326 g/mol. The molecule has 1 aliphatic rings. The Bertz CT molecular complexity index is 689. The van der Waals surface area contributed by atoms with Gasteiger partial charge in [-0.2, -0.15) is 0 Å². The number of carbonyl (C=O) groups is 1. The van der Waals surface area contributed by atoms with Crippen molar-refractivity contribution in [2.45, 2.75) is 32.8 Å². The summed E-state index contributed by atoms with van der Waals surface area (Å²) in [7, 11) is 0. The fraction of sp³-hybridized carbons (Fsp3) is 0.389. The molecule has 0 aliphatic carbocycles. The zero-order valence-corrected chi connectivity index (χ0v) is 14.0. The molecule has 0 bridgehead atoms. The van der Waals surface area contributed by atoms with E-state index in [1.165, 1.54) is 0 Å². The Morgan fingerprint density at radius 3 is 2.62 bits per heavy atom. The summed E-state index contributed by atoms with van der Waals surface area (Å²) >= 11 is 0. The number of nitrogens with zero attached hydrogens (tertiary/aromatic N) is 2. The van der Waals surface area contributed by atoms with Crippen molar-refractivity contribution in [3.8, 4) is 0 Å². The number of hydrogen-bond donors (Lipinski definition) is 2. The highest BCUT2D eigenvalue weighted by Gasteiger charge is 2.17. The second-order valence-corrected chi connectivity index (χ2v) is 6.04. The Balaban J connectivity index is 1.61. The number of benzene rings is 1. The maximum Gasteiger partial charge on any atom is 0.271 e. The van der Waals surface area contributed by atoms with Gasteiger partial charge in [0.2, 0.25) is 0 Å². The molecule has 1 aromatic heterocycles. The third kappa shape index (κ3) is 3.89. The number of nitrogens with one attached hydrogen (secondary N) is 2. The van der Waals surface area contributed by atoms with Gasteiger partial charge in [0, 0.05) is 18.8 Å². The van der Waals surface area contributed by atoms with Crippen LogP contribution < -0.4 is 10.6 Å². The Hall–Kier alpha value is -2.47. The van der Waals surface area contributed by atoms with Gasteiger partial charge in [0.25, 0.3) is 5.91 Å². The Labute approximate surface area is 141 Å². The van der Waals surface area contributed by atoms with E-state index in [1.54, 1.807) is 12.1 Å². The van der Waals surface area contributed by atoms with Gasteiger partial charge in [0.05, 0.1) is 6.10 Å². The van der Waals surface area contributed by atoms with Crippen molar-refractivity contribution in [1.82, 2.24) is 15.5 Å². The van der Waals surface area contributed by atoms with Crippen LogP contribution in [0.2, 0.25) is 0 Å². The minimum atomic E-state index is -0.225. The molecule has 1 aliphatic heterocycles. The fourth-order valence-electron chi connectivity index (χ4n) is 2.76. The summed E-state index contributed by atoms with van der Waals surface area (Å²) in [6, 6.07) is 9.53. The molecular weight excluding hydrogens is 304 g/mol. The number of hydrogen-bond acceptors (Lipinski definition) is 5. The molecular formula is C18H22N4O2. The lowest BCUT2D eigenvalue weighted by Crippen LogP contribution is -2.32. The quantitative estimate of drug-likeness (QED) is 0.883. The van der Waals surface area contributed by atoms with Gasteiger partial charge in [-0.3, -0.25) is 4.79 Å². The van der Waals surface area contributed by atoms with E-state index in [0.717, 1.165) is 36.3 Å². The highest BCUT2D eigenvalue weighted by Crippen LogP contribution is 2.22. The van der Waals surface area contributed by atoms with E-state index in [0.29, 0.717) is 18.1 Å². The molecule has 0 saturated carbocycles. The zero-order valence-electron chi connectivity index (χ0n) is 14.0. The van der Waals surface area contributed by atoms with E-state index in [2.05, 4.69) is 20.8 Å². The molecule has 3 rings (SSSR count). The van der Waals surface area contributed by atoms with Crippen molar-refractivity contribution < 1.29 is 9.53 Å². The predicted molar refractivity (Wildman–Crippen MR) is 92.5 cm³/mol. The van der Waals surface area contributed by atoms with Gasteiger partial charge < -0.3 is 15.4 Å². The number of amides is 1. The van der Waals surface area contributed by atoms with Crippen molar-refractivity contribution in [2.24, 2.45) is 0 Å². The number of anilines is 2. The van der Waals surface area contributed by atoms with Gasteiger partial charge in [-0.25, -0.2) is 0 Å². The van der Waals surface area contributed by atoms with E-state index in [-0.39, 0.29) is 12.0 Å². The molecule has 2 aromatic rings. The Morgan fingerprint density at radius 1 is 1.21 bits per heavy atom. The predicted octanol–water partition coefficient (Wildman–Crippen LogP) is 2.75. The van der Waals surface area contributed by atoms with E-state index in [9.17, 15) is 4.79 Å². The molecule has 1 aromatic carbocycles. The van der Waals surface area contributed by atoms with Crippen LogP contribution >= 0.6 is 0 Å². The summed E-state index contributed by atoms with van der Waals surface area (Å²) < 4.78 is 5.49. The summed E-state index contributed by atoms with van der Waals surface area (Å²) in [5.41, 5.74) is 3.59. The number of carbonyl (C=O) groups excluding carboxylic acids is 1. The minimum absolute atomic E-state index is 0.117. The van der Waals surface area contributed by atoms with Gasteiger partial charge in [0.15, 0.2) is 11.5 Å². The van der Waals surface area contributed by atoms with Crippen LogP contribution in [0, 0.1) is 13.8 Å². The van der Waals surface area contributed by atoms with E-state index < -0.39 is 0 Å². The molecule has 1 unspecified atom stereocenters. The molecule has 1 saturated heterocycles. The zero-order chi connectivity index (χ0) is 16.9. The molecule has 6 nitrogen and oxygen atoms in total. The van der Waals surface area contributed by atoms with Crippen LogP contribution in [0.25, 0.3) is 0 Å². The number of para-hydroxylation sites is 1. The highest BCUT2D eigenvalue weighted by atomic mass is 16.5. The van der Waals surface area contributed by atoms with Crippen LogP contribution in [0.4, 0.5) is 11.5 Å². The number of rotatable bonds is 5. The molecule has 0 spiro atoms. The van der Waals surface area contributed by atoms with Crippen molar-refractivity contribution >= 4 is 17.4 Å². The molecule has 1 amide bonds. The molecule has 24 heavy (non-hydrogen) atoms. The molecule has 1 fully saturated rings. The second kappa shape index (κ2) is 7.40. The molecule has 126 valence electrons. The van der Waals surface area contributed by atoms with Gasteiger partial charge in [-0.15, -0.1) is 10.2 Å². The summed E-state index contributed by atoms with van der Waals surface area (Å²) in [6.45, 7) is 5.37. The molecule has 0 radical (unpaired) electrons. The Kier molecular flexibility index (Phi) is 5.05. The van der Waals surface area contributed by atoms with Crippen molar-refractivity contribution in [1.29, 1.82) is 0 Å². The first-order valence-corrected chi connectivity index (χ1v) is 8.20. The maximum absolute atomic E-state index is 12.1. The number of ether oxygens (including phenoxy) is 1. The largest absolute Gasteiger partial charge is 0.376 e. The van der Waals surface area contributed by atoms with Crippen molar-refractivity contribution in [3.05, 3.63) is 47.2 Å². The SMILES string of the molecule is Cc1cccc(C)c1Nc1ccc(C(=O)NCC2CCCO2)nn1. The molecule has 1 atom stereocenters. The van der Waals surface area contributed by atoms with Crippen LogP contribution in [-0.4, -0.2) is 35.4 Å². The van der Waals surface area contributed by atoms with Crippen LogP contribution in [-0.2, 0) is 4.74 Å². The van der Waals surface area contributed by atoms with Crippen LogP contribution in [0.15, 0.2) is 30.3 Å². The smallest absolute Gasteiger partial charge is 0.271 e. The lowest BCUT2D eigenvalue weighted by Gasteiger charge is -2.12. The summed E-state index contributed by atoms with van der Waals surface area (Å²) in [6.07, 6.45) is 2.16. The normalized spacial score (nSPS) is 16.8. The highest BCUT2D eigenvalue weighted by molar-refractivity contribution is 5.92. The monoisotopic (exact) mass is 326 g/mol. The third-order valence-electron chi connectivity index (χ3n) is 4.15. The molecule has 6 heteroatoms. The summed E-state index contributed by atoms with van der Waals surface area (Å²) in [4.78, 5) is 12.1. The number of aryl methyl sites for hydroxylation is 2. The third-order valence-corrected chi connectivity index (χ3v) is 4.15. The number of aromatic nitrogens is 2. The summed E-state index contributed by atoms with van der Waals surface area (Å²) in [5.74, 6) is 0.389. The van der Waals surface area contributed by atoms with Gasteiger partial charge in [-0.05, 0) is 49.9 Å². The van der Waals surface area contributed by atoms with Crippen molar-refractivity contribution in [2.75, 3.05) is 18.5 Å². The Morgan fingerprint density at radius 2 is 2.00 bits per heavy atom.